The van der Waals surface area contributed by atoms with Gasteiger partial charge in [-0.1, -0.05) is 54.6 Å². The quantitative estimate of drug-likeness (QED) is 0.171. The van der Waals surface area contributed by atoms with Crippen LogP contribution in [0.1, 0.15) is 29.2 Å². The molecular formula is C43H34N6. The van der Waals surface area contributed by atoms with E-state index in [-0.39, 0.29) is 0 Å². The molecule has 0 fully saturated rings. The van der Waals surface area contributed by atoms with E-state index in [1.54, 1.807) is 6.08 Å². The summed E-state index contributed by atoms with van der Waals surface area (Å²) in [7, 11) is 0. The van der Waals surface area contributed by atoms with Crippen molar-refractivity contribution in [1.82, 2.24) is 29.1 Å². The van der Waals surface area contributed by atoms with Crippen LogP contribution in [0.3, 0.4) is 0 Å². The van der Waals surface area contributed by atoms with Crippen LogP contribution >= 0.6 is 0 Å². The Labute approximate surface area is 284 Å². The molecule has 0 radical (unpaired) electrons. The molecule has 0 aliphatic carbocycles. The predicted octanol–water partition coefficient (Wildman–Crippen LogP) is 9.83. The number of pyridine rings is 4. The Balaban J connectivity index is 0.00000112. The monoisotopic (exact) mass is 634 g/mol. The van der Waals surface area contributed by atoms with Crippen molar-refractivity contribution < 1.29 is 0 Å². The summed E-state index contributed by atoms with van der Waals surface area (Å²) in [6, 6.07) is 35.1. The van der Waals surface area contributed by atoms with Crippen LogP contribution in [0.2, 0.25) is 0 Å². The van der Waals surface area contributed by atoms with Gasteiger partial charge in [0, 0.05) is 82.5 Å². The first-order chi connectivity index (χ1) is 24.2. The van der Waals surface area contributed by atoms with Crippen LogP contribution in [-0.4, -0.2) is 29.1 Å². The third-order valence-electron chi connectivity index (χ3n) is 8.96. The number of aromatic nitrogens is 6. The van der Waals surface area contributed by atoms with Gasteiger partial charge in [0.1, 0.15) is 0 Å². The smallest absolute Gasteiger partial charge is 0.0572 e. The first kappa shape index (κ1) is 30.0. The molecule has 49 heavy (non-hydrogen) atoms. The maximum atomic E-state index is 4.35. The van der Waals surface area contributed by atoms with Crippen molar-refractivity contribution >= 4 is 43.6 Å². The summed E-state index contributed by atoms with van der Waals surface area (Å²) in [5, 5.41) is 4.46. The van der Waals surface area contributed by atoms with Crippen molar-refractivity contribution in [1.29, 1.82) is 0 Å². The number of hydrogen-bond donors (Lipinski definition) is 0. The summed E-state index contributed by atoms with van der Waals surface area (Å²) in [5.74, 6) is 0. The topological polar surface area (TPSA) is 61.4 Å². The normalized spacial score (nSPS) is 11.2. The minimum Gasteiger partial charge on any atom is -0.309 e. The van der Waals surface area contributed by atoms with Crippen LogP contribution < -0.4 is 0 Å². The standard InChI is InChI=1S/C40H28N6.C3H6/c1-2-28(22-30-7-11-32(12-8-30)46-39-15-19-43-25-35(39)36-26-44-20-16-40(36)46)4-3-27(1)21-29-5-9-31(10-6-29)45-37-13-17-41-23-33(37)34-24-42-18-14-38(34)45;1-3-2/h1-20,23-26H,21-22H2;3H,1H2,2H3. The molecule has 236 valence electrons. The number of rotatable bonds is 6. The van der Waals surface area contributed by atoms with Crippen LogP contribution in [0.4, 0.5) is 0 Å². The third kappa shape index (κ3) is 5.63. The molecule has 0 unspecified atom stereocenters. The van der Waals surface area contributed by atoms with Crippen molar-refractivity contribution in [2.45, 2.75) is 19.8 Å². The van der Waals surface area contributed by atoms with Crippen LogP contribution in [0.15, 0.2) is 159 Å². The summed E-state index contributed by atoms with van der Waals surface area (Å²) >= 11 is 0. The SMILES string of the molecule is C=CC.c1cc2c(cn1)c1cnccc1n2-c1ccc(Cc2ccc(Cc3ccc(-n4c5ccncc5c5cnccc54)cc3)cc2)cc1. The molecule has 0 saturated heterocycles. The van der Waals surface area contributed by atoms with Gasteiger partial charge in [0.05, 0.1) is 22.1 Å². The van der Waals surface area contributed by atoms with Gasteiger partial charge in [-0.25, -0.2) is 0 Å². The van der Waals surface area contributed by atoms with Gasteiger partial charge in [-0.2, -0.15) is 0 Å². The Kier molecular flexibility index (Phi) is 7.96. The summed E-state index contributed by atoms with van der Waals surface area (Å²) in [6.07, 6.45) is 18.6. The molecule has 9 rings (SSSR count). The Morgan fingerprint density at radius 3 is 0.939 bits per heavy atom. The lowest BCUT2D eigenvalue weighted by Gasteiger charge is -2.10. The molecule has 6 nitrogen and oxygen atoms in total. The zero-order valence-corrected chi connectivity index (χ0v) is 27.2. The lowest BCUT2D eigenvalue weighted by molar-refractivity contribution is 1.12. The summed E-state index contributed by atoms with van der Waals surface area (Å²) < 4.78 is 4.58. The van der Waals surface area contributed by atoms with Crippen LogP contribution in [0.25, 0.3) is 55.0 Å². The number of fused-ring (bicyclic) bond motifs is 6. The van der Waals surface area contributed by atoms with E-state index in [0.29, 0.717) is 0 Å². The summed E-state index contributed by atoms with van der Waals surface area (Å²) in [4.78, 5) is 17.4. The summed E-state index contributed by atoms with van der Waals surface area (Å²) in [6.45, 7) is 5.25. The molecule has 9 aromatic rings. The zero-order valence-electron chi connectivity index (χ0n) is 27.2. The molecule has 6 aromatic heterocycles. The average Bonchev–Trinajstić information content (AvgIpc) is 3.67. The van der Waals surface area contributed by atoms with E-state index in [1.807, 2.05) is 56.5 Å². The maximum Gasteiger partial charge on any atom is 0.0572 e. The van der Waals surface area contributed by atoms with Crippen molar-refractivity contribution in [2.75, 3.05) is 0 Å². The van der Waals surface area contributed by atoms with Crippen molar-refractivity contribution in [2.24, 2.45) is 0 Å². The van der Waals surface area contributed by atoms with Crippen molar-refractivity contribution in [3.63, 3.8) is 0 Å². The zero-order chi connectivity index (χ0) is 33.2. The first-order valence-corrected chi connectivity index (χ1v) is 16.4. The average molecular weight is 635 g/mol. The largest absolute Gasteiger partial charge is 0.309 e. The van der Waals surface area contributed by atoms with Gasteiger partial charge in [0.15, 0.2) is 0 Å². The molecule has 3 aromatic carbocycles. The van der Waals surface area contributed by atoms with E-state index in [2.05, 4.69) is 133 Å². The van der Waals surface area contributed by atoms with Gasteiger partial charge in [0.25, 0.3) is 0 Å². The molecule has 0 N–H and O–H groups in total. The first-order valence-electron chi connectivity index (χ1n) is 16.4. The van der Waals surface area contributed by atoms with Crippen LogP contribution in [0, 0.1) is 0 Å². The van der Waals surface area contributed by atoms with E-state index in [9.17, 15) is 0 Å². The van der Waals surface area contributed by atoms with E-state index in [4.69, 9.17) is 0 Å². The van der Waals surface area contributed by atoms with Gasteiger partial charge >= 0.3 is 0 Å². The minimum absolute atomic E-state index is 0.889. The molecule has 0 atom stereocenters. The van der Waals surface area contributed by atoms with Gasteiger partial charge in [-0.05, 0) is 90.6 Å². The second-order valence-corrected chi connectivity index (χ2v) is 12.2. The highest BCUT2D eigenvalue weighted by Gasteiger charge is 2.13. The second kappa shape index (κ2) is 13.0. The lowest BCUT2D eigenvalue weighted by Crippen LogP contribution is -1.96. The van der Waals surface area contributed by atoms with E-state index in [0.717, 1.165) is 67.8 Å². The second-order valence-electron chi connectivity index (χ2n) is 12.2. The van der Waals surface area contributed by atoms with E-state index < -0.39 is 0 Å². The van der Waals surface area contributed by atoms with Crippen molar-refractivity contribution in [3.8, 4) is 11.4 Å². The number of allylic oxidation sites excluding steroid dienone is 1. The van der Waals surface area contributed by atoms with Gasteiger partial charge in [0.2, 0.25) is 0 Å². The molecule has 0 aliphatic heterocycles. The fraction of sp³-hybridized carbons (Fsp3) is 0.0698. The molecule has 0 spiro atoms. The molecule has 6 heterocycles. The van der Waals surface area contributed by atoms with E-state index >= 15 is 0 Å². The molecule has 0 bridgehead atoms. The molecule has 0 aliphatic rings. The molecule has 0 amide bonds. The number of nitrogens with zero attached hydrogens (tertiary/aromatic N) is 6. The third-order valence-corrected chi connectivity index (χ3v) is 8.96. The highest BCUT2D eigenvalue weighted by molar-refractivity contribution is 6.09. The number of hydrogen-bond acceptors (Lipinski definition) is 4. The fourth-order valence-electron chi connectivity index (χ4n) is 6.75. The molecular weight excluding hydrogens is 601 g/mol. The Morgan fingerprint density at radius 2 is 0.673 bits per heavy atom. The van der Waals surface area contributed by atoms with Crippen LogP contribution in [0.5, 0.6) is 0 Å². The fourth-order valence-corrected chi connectivity index (χ4v) is 6.75. The van der Waals surface area contributed by atoms with E-state index in [1.165, 1.54) is 22.3 Å². The highest BCUT2D eigenvalue weighted by Crippen LogP contribution is 2.32. The van der Waals surface area contributed by atoms with Gasteiger partial charge < -0.3 is 9.13 Å². The highest BCUT2D eigenvalue weighted by atomic mass is 15.0. The maximum absolute atomic E-state index is 4.35. The lowest BCUT2D eigenvalue weighted by atomic mass is 10.00. The van der Waals surface area contributed by atoms with Gasteiger partial charge in [-0.15, -0.1) is 6.58 Å². The van der Waals surface area contributed by atoms with Gasteiger partial charge in [-0.3, -0.25) is 19.9 Å². The predicted molar refractivity (Wildman–Crippen MR) is 201 cm³/mol. The Morgan fingerprint density at radius 1 is 0.429 bits per heavy atom. The number of benzene rings is 3. The minimum atomic E-state index is 0.889. The Hall–Kier alpha value is -6.40. The molecule has 6 heteroatoms. The molecule has 0 saturated carbocycles. The van der Waals surface area contributed by atoms with Crippen molar-refractivity contribution in [3.05, 3.63) is 182 Å². The van der Waals surface area contributed by atoms with Crippen LogP contribution in [-0.2, 0) is 12.8 Å². The Bertz CT molecular complexity index is 2270. The summed E-state index contributed by atoms with van der Waals surface area (Å²) in [5.41, 5.74) is 12.0.